The molecule has 0 bridgehead atoms. The minimum atomic E-state index is -0.465. The van der Waals surface area contributed by atoms with Crippen LogP contribution < -0.4 is 0 Å². The second-order valence-electron chi connectivity index (χ2n) is 7.49. The lowest BCUT2D eigenvalue weighted by Gasteiger charge is -2.30. The van der Waals surface area contributed by atoms with Crippen LogP contribution in [0.5, 0.6) is 0 Å². The average molecular weight is 421 g/mol. The van der Waals surface area contributed by atoms with Gasteiger partial charge in [-0.2, -0.15) is 0 Å². The number of fused-ring (bicyclic) bond motifs is 1. The first-order chi connectivity index (χ1) is 14.6. The smallest absolute Gasteiger partial charge is 0.256 e. The minimum Gasteiger partial charge on any atom is -0.391 e. The first-order valence-electron chi connectivity index (χ1n) is 9.89. The van der Waals surface area contributed by atoms with Gasteiger partial charge in [-0.25, -0.2) is 9.37 Å². The predicted octanol–water partition coefficient (Wildman–Crippen LogP) is 4.47. The molecule has 30 heavy (non-hydrogen) atoms. The van der Waals surface area contributed by atoms with Gasteiger partial charge in [0.05, 0.1) is 28.6 Å². The Balaban J connectivity index is 1.54. The molecule has 0 saturated carbocycles. The number of thiazole rings is 1. The van der Waals surface area contributed by atoms with Gasteiger partial charge in [-0.1, -0.05) is 6.07 Å². The summed E-state index contributed by atoms with van der Waals surface area (Å²) in [5, 5.41) is 12.7. The first-order valence-corrected chi connectivity index (χ1v) is 10.8. The molecule has 5 rings (SSSR count). The van der Waals surface area contributed by atoms with Crippen molar-refractivity contribution in [1.82, 2.24) is 14.3 Å². The number of aromatic nitrogens is 2. The third kappa shape index (κ3) is 3.40. The molecule has 152 valence electrons. The van der Waals surface area contributed by atoms with Crippen molar-refractivity contribution < 1.29 is 14.3 Å². The van der Waals surface area contributed by atoms with E-state index < -0.39 is 6.10 Å². The second kappa shape index (κ2) is 7.66. The molecule has 4 heterocycles. The zero-order valence-corrected chi connectivity index (χ0v) is 17.0. The molecule has 1 fully saturated rings. The second-order valence-corrected chi connectivity index (χ2v) is 8.35. The number of rotatable bonds is 3. The highest BCUT2D eigenvalue weighted by Crippen LogP contribution is 2.32. The first kappa shape index (κ1) is 19.0. The van der Waals surface area contributed by atoms with E-state index in [0.717, 1.165) is 40.3 Å². The molecule has 0 radical (unpaired) electrons. The molecule has 1 aliphatic rings. The van der Waals surface area contributed by atoms with Gasteiger partial charge in [0, 0.05) is 30.2 Å². The van der Waals surface area contributed by atoms with Crippen molar-refractivity contribution in [2.24, 2.45) is 0 Å². The van der Waals surface area contributed by atoms with Crippen molar-refractivity contribution in [3.63, 3.8) is 0 Å². The van der Waals surface area contributed by atoms with Gasteiger partial charge in [0.2, 0.25) is 0 Å². The van der Waals surface area contributed by atoms with E-state index in [1.54, 1.807) is 17.0 Å². The molecule has 1 aliphatic heterocycles. The summed E-state index contributed by atoms with van der Waals surface area (Å²) < 4.78 is 15.2. The van der Waals surface area contributed by atoms with Gasteiger partial charge in [0.1, 0.15) is 10.8 Å². The third-order valence-electron chi connectivity index (χ3n) is 5.45. The average Bonchev–Trinajstić information content (AvgIpc) is 3.39. The fourth-order valence-electron chi connectivity index (χ4n) is 3.95. The van der Waals surface area contributed by atoms with E-state index in [-0.39, 0.29) is 11.7 Å². The number of hydrogen-bond acceptors (Lipinski definition) is 4. The van der Waals surface area contributed by atoms with Gasteiger partial charge >= 0.3 is 0 Å². The molecular formula is C23H20FN3O2S. The summed E-state index contributed by atoms with van der Waals surface area (Å²) in [7, 11) is 0. The number of halogens is 1. The van der Waals surface area contributed by atoms with Crippen LogP contribution in [-0.4, -0.2) is 44.5 Å². The zero-order chi connectivity index (χ0) is 20.7. The van der Waals surface area contributed by atoms with Crippen molar-refractivity contribution >= 4 is 22.8 Å². The predicted molar refractivity (Wildman–Crippen MR) is 115 cm³/mol. The standard InChI is InChI=1S/C23H20FN3O2S/c24-16-8-6-15(7-9-16)22-25-19(14-30-22)21-12-18(20-5-1-2-11-27(20)21)23(29)26-10-3-4-17(28)13-26/h1-2,5-9,11-12,14,17,28H,3-4,10,13H2. The van der Waals surface area contributed by atoms with Crippen molar-refractivity contribution in [2.75, 3.05) is 13.1 Å². The van der Waals surface area contributed by atoms with Crippen LogP contribution in [0.2, 0.25) is 0 Å². The number of aliphatic hydroxyl groups is 1. The number of hydrogen-bond donors (Lipinski definition) is 1. The number of amides is 1. The molecular weight excluding hydrogens is 401 g/mol. The van der Waals surface area contributed by atoms with E-state index in [9.17, 15) is 14.3 Å². The van der Waals surface area contributed by atoms with Gasteiger partial charge in [0.25, 0.3) is 5.91 Å². The zero-order valence-electron chi connectivity index (χ0n) is 16.2. The van der Waals surface area contributed by atoms with E-state index in [1.807, 2.05) is 40.2 Å². The van der Waals surface area contributed by atoms with Crippen LogP contribution in [0, 0.1) is 5.82 Å². The van der Waals surface area contributed by atoms with Gasteiger partial charge in [-0.05, 0) is 55.3 Å². The number of benzene rings is 1. The summed E-state index contributed by atoms with van der Waals surface area (Å²) in [5.74, 6) is -0.350. The van der Waals surface area contributed by atoms with Gasteiger partial charge in [-0.15, -0.1) is 11.3 Å². The molecule has 0 aliphatic carbocycles. The van der Waals surface area contributed by atoms with E-state index in [4.69, 9.17) is 4.98 Å². The van der Waals surface area contributed by atoms with Gasteiger partial charge in [-0.3, -0.25) is 4.79 Å². The maximum Gasteiger partial charge on any atom is 0.256 e. The number of piperidine rings is 1. The number of pyridine rings is 1. The maximum atomic E-state index is 13.2. The van der Waals surface area contributed by atoms with E-state index in [2.05, 4.69) is 0 Å². The Labute approximate surface area is 177 Å². The van der Waals surface area contributed by atoms with E-state index in [1.165, 1.54) is 23.5 Å². The lowest BCUT2D eigenvalue weighted by Crippen LogP contribution is -2.42. The number of carbonyl (C=O) groups excluding carboxylic acids is 1. The van der Waals surface area contributed by atoms with Gasteiger partial charge < -0.3 is 14.4 Å². The highest BCUT2D eigenvalue weighted by atomic mass is 32.1. The largest absolute Gasteiger partial charge is 0.391 e. The van der Waals surface area contributed by atoms with Crippen molar-refractivity contribution in [1.29, 1.82) is 0 Å². The van der Waals surface area contributed by atoms with Crippen LogP contribution in [-0.2, 0) is 0 Å². The fraction of sp³-hybridized carbons (Fsp3) is 0.217. The Morgan fingerprint density at radius 3 is 2.83 bits per heavy atom. The quantitative estimate of drug-likeness (QED) is 0.531. The summed E-state index contributed by atoms with van der Waals surface area (Å²) in [6.45, 7) is 1.02. The molecule has 5 nitrogen and oxygen atoms in total. The highest BCUT2D eigenvalue weighted by Gasteiger charge is 2.26. The maximum absolute atomic E-state index is 13.2. The van der Waals surface area contributed by atoms with Crippen LogP contribution in [0.1, 0.15) is 23.2 Å². The lowest BCUT2D eigenvalue weighted by molar-refractivity contribution is 0.0475. The molecule has 1 amide bonds. The molecule has 7 heteroatoms. The SMILES string of the molecule is O=C(c1cc(-c2csc(-c3ccc(F)cc3)n2)n2ccccc12)N1CCCC(O)C1. The topological polar surface area (TPSA) is 57.8 Å². The van der Waals surface area contributed by atoms with Crippen LogP contribution in [0.25, 0.3) is 27.5 Å². The molecule has 1 atom stereocenters. The number of nitrogens with zero attached hydrogens (tertiary/aromatic N) is 3. The molecule has 3 aromatic heterocycles. The molecule has 4 aromatic rings. The minimum absolute atomic E-state index is 0.0716. The van der Waals surface area contributed by atoms with Crippen LogP contribution in [0.15, 0.2) is 60.1 Å². The molecule has 1 aromatic carbocycles. The van der Waals surface area contributed by atoms with Crippen molar-refractivity contribution in [2.45, 2.75) is 18.9 Å². The summed E-state index contributed by atoms with van der Waals surface area (Å²) in [6, 6.07) is 13.9. The normalized spacial score (nSPS) is 16.9. The lowest BCUT2D eigenvalue weighted by atomic mass is 10.1. The van der Waals surface area contributed by atoms with Crippen molar-refractivity contribution in [3.8, 4) is 22.0 Å². The Morgan fingerprint density at radius 2 is 2.03 bits per heavy atom. The Morgan fingerprint density at radius 1 is 1.20 bits per heavy atom. The fourth-order valence-corrected chi connectivity index (χ4v) is 4.77. The Kier molecular flexibility index (Phi) is 4.84. The molecule has 1 unspecified atom stereocenters. The summed E-state index contributed by atoms with van der Waals surface area (Å²) in [4.78, 5) is 19.7. The number of carbonyl (C=O) groups is 1. The Bertz CT molecular complexity index is 1210. The monoisotopic (exact) mass is 421 g/mol. The van der Waals surface area contributed by atoms with Crippen molar-refractivity contribution in [3.05, 3.63) is 71.5 Å². The van der Waals surface area contributed by atoms with Crippen LogP contribution in [0.4, 0.5) is 4.39 Å². The molecule has 1 saturated heterocycles. The third-order valence-corrected chi connectivity index (χ3v) is 6.34. The summed E-state index contributed by atoms with van der Waals surface area (Å²) in [6.07, 6.45) is 2.99. The summed E-state index contributed by atoms with van der Waals surface area (Å²) in [5.41, 5.74) is 3.87. The highest BCUT2D eigenvalue weighted by molar-refractivity contribution is 7.13. The van der Waals surface area contributed by atoms with Gasteiger partial charge in [0.15, 0.2) is 0 Å². The van der Waals surface area contributed by atoms with Crippen LogP contribution in [0.3, 0.4) is 0 Å². The summed E-state index contributed by atoms with van der Waals surface area (Å²) >= 11 is 1.48. The van der Waals surface area contributed by atoms with E-state index >= 15 is 0 Å². The van der Waals surface area contributed by atoms with E-state index in [0.29, 0.717) is 18.7 Å². The Hall–Kier alpha value is -3.03. The molecule has 0 spiro atoms. The number of aliphatic hydroxyl groups excluding tert-OH is 1. The number of β-amino-alcohol motifs (C(OH)–C–C–N with tert-alkyl or cyclic N) is 1. The molecule has 1 N–H and O–H groups in total. The van der Waals surface area contributed by atoms with Crippen LogP contribution >= 0.6 is 11.3 Å². The number of likely N-dealkylation sites (tertiary alicyclic amines) is 1.